The summed E-state index contributed by atoms with van der Waals surface area (Å²) < 4.78 is 4.76. The van der Waals surface area contributed by atoms with Crippen molar-refractivity contribution >= 4 is 0 Å². The molecule has 11 heavy (non-hydrogen) atoms. The highest BCUT2D eigenvalue weighted by Gasteiger charge is 1.76. The van der Waals surface area contributed by atoms with Crippen LogP contribution in [0.1, 0.15) is 6.42 Å². The van der Waals surface area contributed by atoms with Crippen molar-refractivity contribution in [3.8, 4) is 0 Å². The van der Waals surface area contributed by atoms with E-state index in [2.05, 4.69) is 13.2 Å². The van der Waals surface area contributed by atoms with Crippen molar-refractivity contribution in [1.82, 2.24) is 0 Å². The molecule has 0 aliphatic carbocycles. The maximum Gasteiger partial charge on any atom is 0.0885 e. The zero-order valence-electron chi connectivity index (χ0n) is 6.96. The molecule has 3 nitrogen and oxygen atoms in total. The number of hydrogen-bond donors (Lipinski definition) is 2. The Balaban J connectivity index is 0. The van der Waals surface area contributed by atoms with Crippen LogP contribution in [0.2, 0.25) is 0 Å². The molecule has 0 aromatic heterocycles. The molecular formula is C8H18N2O. The highest BCUT2D eigenvalue weighted by atomic mass is 16.5. The summed E-state index contributed by atoms with van der Waals surface area (Å²) in [5.74, 6) is 0. The normalized spacial score (nSPS) is 7.45. The van der Waals surface area contributed by atoms with E-state index < -0.39 is 0 Å². The quantitative estimate of drug-likeness (QED) is 0.350. The fourth-order valence-corrected chi connectivity index (χ4v) is 0.250. The molecule has 0 saturated heterocycles. The third kappa shape index (κ3) is 27.0. The predicted octanol–water partition coefficient (Wildman–Crippen LogP) is 0.626. The number of ether oxygens (including phenoxy) is 1. The fourth-order valence-electron chi connectivity index (χ4n) is 0.250. The third-order valence-electron chi connectivity index (χ3n) is 0.751. The topological polar surface area (TPSA) is 61.3 Å². The first-order valence-corrected chi connectivity index (χ1v) is 3.57. The van der Waals surface area contributed by atoms with Crippen LogP contribution in [0.25, 0.3) is 0 Å². The molecule has 0 bridgehead atoms. The van der Waals surface area contributed by atoms with E-state index in [9.17, 15) is 0 Å². The molecule has 0 amide bonds. The molecule has 0 heterocycles. The van der Waals surface area contributed by atoms with Crippen LogP contribution in [0.3, 0.4) is 0 Å². The SMILES string of the molecule is C=CCN.C=COCCCN. The molecule has 66 valence electrons. The van der Waals surface area contributed by atoms with Crippen molar-refractivity contribution in [1.29, 1.82) is 0 Å². The van der Waals surface area contributed by atoms with Crippen LogP contribution < -0.4 is 11.5 Å². The summed E-state index contributed by atoms with van der Waals surface area (Å²) >= 11 is 0. The van der Waals surface area contributed by atoms with Crippen molar-refractivity contribution in [3.63, 3.8) is 0 Å². The van der Waals surface area contributed by atoms with Crippen LogP contribution in [0, 0.1) is 0 Å². The molecule has 0 spiro atoms. The smallest absolute Gasteiger partial charge is 0.0885 e. The molecule has 3 heteroatoms. The van der Waals surface area contributed by atoms with Gasteiger partial charge in [-0.25, -0.2) is 0 Å². The van der Waals surface area contributed by atoms with Crippen molar-refractivity contribution in [3.05, 3.63) is 25.5 Å². The van der Waals surface area contributed by atoms with Gasteiger partial charge < -0.3 is 16.2 Å². The lowest BCUT2D eigenvalue weighted by molar-refractivity contribution is 0.248. The molecule has 0 rings (SSSR count). The third-order valence-corrected chi connectivity index (χ3v) is 0.751. The highest BCUT2D eigenvalue weighted by molar-refractivity contribution is 4.64. The molecule has 0 unspecified atom stereocenters. The summed E-state index contributed by atoms with van der Waals surface area (Å²) in [5.41, 5.74) is 10.1. The summed E-state index contributed by atoms with van der Waals surface area (Å²) in [5, 5.41) is 0. The van der Waals surface area contributed by atoms with Gasteiger partial charge in [-0.2, -0.15) is 0 Å². The molecular weight excluding hydrogens is 140 g/mol. The zero-order chi connectivity index (χ0) is 8.95. The lowest BCUT2D eigenvalue weighted by Gasteiger charge is -1.93. The van der Waals surface area contributed by atoms with Gasteiger partial charge in [-0.05, 0) is 13.0 Å². The van der Waals surface area contributed by atoms with Gasteiger partial charge in [-0.1, -0.05) is 12.7 Å². The van der Waals surface area contributed by atoms with Crippen molar-refractivity contribution in [2.24, 2.45) is 11.5 Å². The Labute approximate surface area is 68.7 Å². The molecule has 0 aromatic rings. The van der Waals surface area contributed by atoms with Crippen molar-refractivity contribution in [2.75, 3.05) is 19.7 Å². The van der Waals surface area contributed by atoms with E-state index in [0.717, 1.165) is 6.42 Å². The standard InChI is InChI=1S/C5H11NO.C3H7N/c1-2-7-5-3-4-6;1-2-3-4/h2H,1,3-6H2;2H,1,3-4H2. The van der Waals surface area contributed by atoms with E-state index in [-0.39, 0.29) is 0 Å². The van der Waals surface area contributed by atoms with Gasteiger partial charge in [0.2, 0.25) is 0 Å². The van der Waals surface area contributed by atoms with Gasteiger partial charge in [0.25, 0.3) is 0 Å². The van der Waals surface area contributed by atoms with E-state index in [1.165, 1.54) is 6.26 Å². The van der Waals surface area contributed by atoms with E-state index in [1.54, 1.807) is 6.08 Å². The first-order chi connectivity index (χ1) is 5.33. The van der Waals surface area contributed by atoms with Gasteiger partial charge in [0.15, 0.2) is 0 Å². The van der Waals surface area contributed by atoms with E-state index in [4.69, 9.17) is 16.2 Å². The second-order valence-corrected chi connectivity index (χ2v) is 1.70. The highest BCUT2D eigenvalue weighted by Crippen LogP contribution is 1.76. The maximum absolute atomic E-state index is 5.15. The largest absolute Gasteiger partial charge is 0.502 e. The second-order valence-electron chi connectivity index (χ2n) is 1.70. The van der Waals surface area contributed by atoms with E-state index in [0.29, 0.717) is 19.7 Å². The first kappa shape index (κ1) is 12.8. The van der Waals surface area contributed by atoms with Crippen LogP contribution in [0.15, 0.2) is 25.5 Å². The van der Waals surface area contributed by atoms with Crippen LogP contribution in [0.5, 0.6) is 0 Å². The Hall–Kier alpha value is -0.800. The van der Waals surface area contributed by atoms with Crippen LogP contribution >= 0.6 is 0 Å². The summed E-state index contributed by atoms with van der Waals surface area (Å²) in [4.78, 5) is 0. The summed E-state index contributed by atoms with van der Waals surface area (Å²) in [6.45, 7) is 8.69. The summed E-state index contributed by atoms with van der Waals surface area (Å²) in [6, 6.07) is 0. The Morgan fingerprint density at radius 2 is 1.82 bits per heavy atom. The number of nitrogens with two attached hydrogens (primary N) is 2. The Kier molecular flexibility index (Phi) is 18.8. The van der Waals surface area contributed by atoms with E-state index >= 15 is 0 Å². The van der Waals surface area contributed by atoms with Crippen LogP contribution in [-0.2, 0) is 4.74 Å². The molecule has 0 aliphatic heterocycles. The maximum atomic E-state index is 5.15. The minimum Gasteiger partial charge on any atom is -0.502 e. The van der Waals surface area contributed by atoms with E-state index in [1.807, 2.05) is 0 Å². The lowest BCUT2D eigenvalue weighted by atomic mass is 10.5. The Bertz CT molecular complexity index is 84.2. The first-order valence-electron chi connectivity index (χ1n) is 3.57. The average molecular weight is 158 g/mol. The molecule has 0 aromatic carbocycles. The van der Waals surface area contributed by atoms with Gasteiger partial charge in [-0.15, -0.1) is 6.58 Å². The average Bonchev–Trinajstić information content (AvgIpc) is 2.06. The van der Waals surface area contributed by atoms with Crippen LogP contribution in [0.4, 0.5) is 0 Å². The Morgan fingerprint density at radius 3 is 2.09 bits per heavy atom. The minimum absolute atomic E-state index is 0.583. The minimum atomic E-state index is 0.583. The van der Waals surface area contributed by atoms with Gasteiger partial charge in [0.05, 0.1) is 12.9 Å². The lowest BCUT2D eigenvalue weighted by Crippen LogP contribution is -2.01. The Morgan fingerprint density at radius 1 is 1.27 bits per heavy atom. The van der Waals surface area contributed by atoms with Gasteiger partial charge in [-0.3, -0.25) is 0 Å². The summed E-state index contributed by atoms with van der Waals surface area (Å²) in [7, 11) is 0. The van der Waals surface area contributed by atoms with Crippen molar-refractivity contribution < 1.29 is 4.74 Å². The monoisotopic (exact) mass is 158 g/mol. The van der Waals surface area contributed by atoms with Gasteiger partial charge >= 0.3 is 0 Å². The van der Waals surface area contributed by atoms with Crippen molar-refractivity contribution in [2.45, 2.75) is 6.42 Å². The zero-order valence-corrected chi connectivity index (χ0v) is 6.96. The molecule has 0 atom stereocenters. The number of hydrogen-bond acceptors (Lipinski definition) is 3. The number of rotatable bonds is 5. The molecule has 0 saturated carbocycles. The summed E-state index contributed by atoms with van der Waals surface area (Å²) in [6.07, 6.45) is 3.99. The second kappa shape index (κ2) is 16.1. The van der Waals surface area contributed by atoms with Crippen LogP contribution in [-0.4, -0.2) is 19.7 Å². The predicted molar refractivity (Wildman–Crippen MR) is 49.1 cm³/mol. The van der Waals surface area contributed by atoms with Gasteiger partial charge in [0.1, 0.15) is 0 Å². The van der Waals surface area contributed by atoms with Gasteiger partial charge in [0, 0.05) is 6.54 Å². The molecule has 0 aliphatic rings. The molecule has 4 N–H and O–H groups in total. The molecule has 0 fully saturated rings. The molecule has 0 radical (unpaired) electrons. The fraction of sp³-hybridized carbons (Fsp3) is 0.500.